The molecule has 2 N–H and O–H groups in total. The van der Waals surface area contributed by atoms with E-state index in [2.05, 4.69) is 15.5 Å². The van der Waals surface area contributed by atoms with E-state index in [1.807, 2.05) is 7.05 Å². The van der Waals surface area contributed by atoms with Crippen LogP contribution in [0.25, 0.3) is 0 Å². The molecule has 0 bridgehead atoms. The molecule has 4 heteroatoms. The lowest BCUT2D eigenvalue weighted by Crippen LogP contribution is -2.10. The average molecular weight is 143 g/mol. The Kier molecular flexibility index (Phi) is 2.39. The molecule has 0 saturated heterocycles. The highest BCUT2D eigenvalue weighted by molar-refractivity contribution is 5.05. The molecule has 1 aromatic rings. The lowest BCUT2D eigenvalue weighted by molar-refractivity contribution is 0.563. The van der Waals surface area contributed by atoms with Crippen LogP contribution >= 0.6 is 0 Å². The van der Waals surface area contributed by atoms with Crippen molar-refractivity contribution in [2.75, 3.05) is 13.6 Å². The molecule has 0 radical (unpaired) electrons. The van der Waals surface area contributed by atoms with E-state index < -0.39 is 0 Å². The predicted molar refractivity (Wildman–Crippen MR) is 36.2 cm³/mol. The van der Waals surface area contributed by atoms with Crippen molar-refractivity contribution in [3.05, 3.63) is 17.7 Å². The van der Waals surface area contributed by atoms with E-state index >= 15 is 0 Å². The molecule has 0 saturated carbocycles. The summed E-state index contributed by atoms with van der Waals surface area (Å²) in [6.45, 7) is 0.774. The van der Waals surface area contributed by atoms with Crippen molar-refractivity contribution in [1.29, 1.82) is 0 Å². The largest absolute Gasteiger partial charge is 0.319 e. The zero-order chi connectivity index (χ0) is 7.40. The van der Waals surface area contributed by atoms with Crippen LogP contribution in [0.1, 0.15) is 5.56 Å². The van der Waals surface area contributed by atoms with E-state index in [1.165, 1.54) is 6.20 Å². The van der Waals surface area contributed by atoms with Crippen LogP contribution in [0.4, 0.5) is 4.39 Å². The first kappa shape index (κ1) is 7.21. The number of likely N-dealkylation sites (N-methyl/N-ethyl adjacent to an activating group) is 1. The Bertz CT molecular complexity index is 197. The molecule has 56 valence electrons. The molecule has 0 aliphatic rings. The van der Waals surface area contributed by atoms with Gasteiger partial charge in [-0.3, -0.25) is 5.10 Å². The van der Waals surface area contributed by atoms with Crippen LogP contribution < -0.4 is 5.32 Å². The molecule has 0 fully saturated rings. The summed E-state index contributed by atoms with van der Waals surface area (Å²) < 4.78 is 12.5. The number of nitrogens with zero attached hydrogens (tertiary/aromatic N) is 1. The van der Waals surface area contributed by atoms with Crippen molar-refractivity contribution in [2.24, 2.45) is 0 Å². The third-order valence-electron chi connectivity index (χ3n) is 1.31. The fourth-order valence-corrected chi connectivity index (χ4v) is 0.729. The van der Waals surface area contributed by atoms with Crippen molar-refractivity contribution >= 4 is 0 Å². The number of rotatable bonds is 3. The van der Waals surface area contributed by atoms with Crippen molar-refractivity contribution in [3.63, 3.8) is 0 Å². The van der Waals surface area contributed by atoms with Gasteiger partial charge in [-0.2, -0.15) is 9.49 Å². The summed E-state index contributed by atoms with van der Waals surface area (Å²) in [6.07, 6.45) is 2.19. The van der Waals surface area contributed by atoms with Gasteiger partial charge in [0.05, 0.1) is 6.20 Å². The van der Waals surface area contributed by atoms with Gasteiger partial charge < -0.3 is 5.32 Å². The summed E-state index contributed by atoms with van der Waals surface area (Å²) >= 11 is 0. The van der Waals surface area contributed by atoms with Crippen LogP contribution in [0.2, 0.25) is 0 Å². The molecule has 0 aliphatic carbocycles. The van der Waals surface area contributed by atoms with Gasteiger partial charge in [-0.05, 0) is 20.0 Å². The van der Waals surface area contributed by atoms with Gasteiger partial charge in [0.2, 0.25) is 5.95 Å². The second-order valence-electron chi connectivity index (χ2n) is 2.06. The zero-order valence-electron chi connectivity index (χ0n) is 5.82. The molecule has 3 nitrogen and oxygen atoms in total. The SMILES string of the molecule is CNCCc1cn[nH]c1F. The minimum atomic E-state index is -0.324. The minimum absolute atomic E-state index is 0.324. The molecule has 10 heavy (non-hydrogen) atoms. The maximum Gasteiger partial charge on any atom is 0.212 e. The summed E-state index contributed by atoms with van der Waals surface area (Å²) in [7, 11) is 1.83. The lowest BCUT2D eigenvalue weighted by atomic mass is 10.2. The van der Waals surface area contributed by atoms with Gasteiger partial charge in [-0.15, -0.1) is 0 Å². The zero-order valence-corrected chi connectivity index (χ0v) is 5.82. The number of H-pyrrole nitrogens is 1. The fraction of sp³-hybridized carbons (Fsp3) is 0.500. The van der Waals surface area contributed by atoms with Crippen molar-refractivity contribution in [2.45, 2.75) is 6.42 Å². The minimum Gasteiger partial charge on any atom is -0.319 e. The summed E-state index contributed by atoms with van der Waals surface area (Å²) in [6, 6.07) is 0. The van der Waals surface area contributed by atoms with E-state index in [0.717, 1.165) is 6.54 Å². The highest BCUT2D eigenvalue weighted by atomic mass is 19.1. The quantitative estimate of drug-likeness (QED) is 0.639. The Labute approximate surface area is 58.6 Å². The van der Waals surface area contributed by atoms with Gasteiger partial charge in [0, 0.05) is 5.56 Å². The number of halogens is 1. The van der Waals surface area contributed by atoms with E-state index in [4.69, 9.17) is 0 Å². The van der Waals surface area contributed by atoms with E-state index in [0.29, 0.717) is 12.0 Å². The number of aromatic amines is 1. The van der Waals surface area contributed by atoms with Crippen molar-refractivity contribution in [1.82, 2.24) is 15.5 Å². The lowest BCUT2D eigenvalue weighted by Gasteiger charge is -1.93. The predicted octanol–water partition coefficient (Wildman–Crippen LogP) is 0.311. The molecule has 1 aromatic heterocycles. The molecule has 0 spiro atoms. The molecule has 1 rings (SSSR count). The maximum atomic E-state index is 12.5. The van der Waals surface area contributed by atoms with Gasteiger partial charge in [0.15, 0.2) is 0 Å². The van der Waals surface area contributed by atoms with Crippen LogP contribution in [-0.2, 0) is 6.42 Å². The third-order valence-corrected chi connectivity index (χ3v) is 1.31. The van der Waals surface area contributed by atoms with Crippen LogP contribution in [0.3, 0.4) is 0 Å². The fourth-order valence-electron chi connectivity index (χ4n) is 0.729. The van der Waals surface area contributed by atoms with Gasteiger partial charge in [-0.1, -0.05) is 0 Å². The second-order valence-corrected chi connectivity index (χ2v) is 2.06. The normalized spacial score (nSPS) is 10.2. The molecule has 1 heterocycles. The Balaban J connectivity index is 2.49. The molecule has 0 atom stereocenters. The topological polar surface area (TPSA) is 40.7 Å². The number of nitrogens with one attached hydrogen (secondary N) is 2. The molecule has 0 aliphatic heterocycles. The van der Waals surface area contributed by atoms with Crippen LogP contribution in [0.15, 0.2) is 6.20 Å². The highest BCUT2D eigenvalue weighted by Crippen LogP contribution is 2.00. The van der Waals surface area contributed by atoms with Crippen LogP contribution in [0, 0.1) is 5.95 Å². The van der Waals surface area contributed by atoms with Crippen LogP contribution in [-0.4, -0.2) is 23.8 Å². The second kappa shape index (κ2) is 3.31. The standard InChI is InChI=1S/C6H10FN3/c1-8-3-2-5-4-9-10-6(5)7/h4,8H,2-3H2,1H3,(H,9,10). The van der Waals surface area contributed by atoms with Crippen molar-refractivity contribution in [3.8, 4) is 0 Å². The smallest absolute Gasteiger partial charge is 0.212 e. The van der Waals surface area contributed by atoms with Gasteiger partial charge >= 0.3 is 0 Å². The molecule has 0 unspecified atom stereocenters. The Morgan fingerprint density at radius 3 is 3.10 bits per heavy atom. The first-order valence-electron chi connectivity index (χ1n) is 3.17. The van der Waals surface area contributed by atoms with Gasteiger partial charge in [-0.25, -0.2) is 0 Å². The van der Waals surface area contributed by atoms with Gasteiger partial charge in [0.25, 0.3) is 0 Å². The Morgan fingerprint density at radius 1 is 1.80 bits per heavy atom. The number of hydrogen-bond acceptors (Lipinski definition) is 2. The Morgan fingerprint density at radius 2 is 2.60 bits per heavy atom. The monoisotopic (exact) mass is 143 g/mol. The molecule has 0 amide bonds. The summed E-state index contributed by atoms with van der Waals surface area (Å²) in [5, 5.41) is 8.70. The summed E-state index contributed by atoms with van der Waals surface area (Å²) in [5.74, 6) is -0.324. The van der Waals surface area contributed by atoms with E-state index in [9.17, 15) is 4.39 Å². The van der Waals surface area contributed by atoms with Gasteiger partial charge in [0.1, 0.15) is 0 Å². The van der Waals surface area contributed by atoms with Crippen LogP contribution in [0.5, 0.6) is 0 Å². The summed E-state index contributed by atoms with van der Waals surface area (Å²) in [4.78, 5) is 0. The number of aromatic nitrogens is 2. The number of hydrogen-bond donors (Lipinski definition) is 2. The first-order chi connectivity index (χ1) is 4.84. The first-order valence-corrected chi connectivity index (χ1v) is 3.17. The van der Waals surface area contributed by atoms with E-state index in [1.54, 1.807) is 0 Å². The Hall–Kier alpha value is -0.900. The van der Waals surface area contributed by atoms with E-state index in [-0.39, 0.29) is 5.95 Å². The third kappa shape index (κ3) is 1.54. The highest BCUT2D eigenvalue weighted by Gasteiger charge is 2.00. The molecule has 0 aromatic carbocycles. The molecular formula is C6H10FN3. The maximum absolute atomic E-state index is 12.5. The summed E-state index contributed by atoms with van der Waals surface area (Å²) in [5.41, 5.74) is 0.634. The van der Waals surface area contributed by atoms with Crippen molar-refractivity contribution < 1.29 is 4.39 Å². The molecular weight excluding hydrogens is 133 g/mol. The average Bonchev–Trinajstić information content (AvgIpc) is 2.31.